The van der Waals surface area contributed by atoms with Crippen molar-refractivity contribution in [2.24, 2.45) is 5.92 Å². The number of fused-ring (bicyclic) bond motifs is 1. The summed E-state index contributed by atoms with van der Waals surface area (Å²) in [7, 11) is 3.12. The molecule has 2 aromatic rings. The van der Waals surface area contributed by atoms with E-state index < -0.39 is 0 Å². The van der Waals surface area contributed by atoms with Crippen molar-refractivity contribution in [3.8, 4) is 23.0 Å². The van der Waals surface area contributed by atoms with Gasteiger partial charge in [0.15, 0.2) is 23.0 Å². The highest BCUT2D eigenvalue weighted by atomic mass is 16.5. The average Bonchev–Trinajstić information content (AvgIpc) is 2.85. The van der Waals surface area contributed by atoms with Crippen LogP contribution in [0.3, 0.4) is 0 Å². The molecule has 0 radical (unpaired) electrons. The lowest BCUT2D eigenvalue weighted by atomic mass is 9.83. The Hall–Kier alpha value is -2.36. The van der Waals surface area contributed by atoms with Gasteiger partial charge in [-0.25, -0.2) is 0 Å². The average molecular weight is 328 g/mol. The minimum atomic E-state index is 0.136. The third kappa shape index (κ3) is 2.46. The normalized spacial score (nSPS) is 22.2. The molecule has 1 aliphatic rings. The van der Waals surface area contributed by atoms with E-state index in [1.54, 1.807) is 20.3 Å². The molecular formula is C20H24O4. The van der Waals surface area contributed by atoms with E-state index in [-0.39, 0.29) is 17.4 Å². The standard InChI is InChI=1S/C20H24O4/c1-5-13-11(2)20(12-6-7-16(21)18(8-12)23-3)15-9-17(22)19(24-4)10-14(13)15/h6-11,13,20-22H,5H2,1-4H3/t11-,13-,20+/m1/s1. The van der Waals surface area contributed by atoms with Gasteiger partial charge in [0.05, 0.1) is 14.2 Å². The molecule has 0 fully saturated rings. The summed E-state index contributed by atoms with van der Waals surface area (Å²) in [5.74, 6) is 2.22. The van der Waals surface area contributed by atoms with Crippen molar-refractivity contribution in [1.29, 1.82) is 0 Å². The van der Waals surface area contributed by atoms with Crippen LogP contribution in [0.5, 0.6) is 23.0 Å². The van der Waals surface area contributed by atoms with Crippen LogP contribution in [0.1, 0.15) is 48.8 Å². The van der Waals surface area contributed by atoms with Gasteiger partial charge in [-0.3, -0.25) is 0 Å². The molecule has 0 aliphatic heterocycles. The quantitative estimate of drug-likeness (QED) is 0.874. The van der Waals surface area contributed by atoms with Gasteiger partial charge in [0.1, 0.15) is 0 Å². The number of ether oxygens (including phenoxy) is 2. The first-order valence-corrected chi connectivity index (χ1v) is 8.29. The molecule has 0 spiro atoms. The Kier molecular flexibility index (Phi) is 4.31. The Labute approximate surface area is 142 Å². The number of hydrogen-bond acceptors (Lipinski definition) is 4. The van der Waals surface area contributed by atoms with E-state index in [1.165, 1.54) is 5.56 Å². The van der Waals surface area contributed by atoms with Gasteiger partial charge in [0.25, 0.3) is 0 Å². The lowest BCUT2D eigenvalue weighted by Gasteiger charge is -2.21. The van der Waals surface area contributed by atoms with E-state index in [9.17, 15) is 10.2 Å². The van der Waals surface area contributed by atoms with Crippen LogP contribution in [0.25, 0.3) is 0 Å². The maximum absolute atomic E-state index is 10.2. The molecule has 4 heteroatoms. The van der Waals surface area contributed by atoms with Crippen molar-refractivity contribution in [2.45, 2.75) is 32.1 Å². The summed E-state index contributed by atoms with van der Waals surface area (Å²) in [5.41, 5.74) is 3.44. The fourth-order valence-corrected chi connectivity index (χ4v) is 4.12. The molecule has 2 N–H and O–H groups in total. The highest BCUT2D eigenvalue weighted by Crippen LogP contribution is 2.53. The van der Waals surface area contributed by atoms with Gasteiger partial charge in [0.2, 0.25) is 0 Å². The Morgan fingerprint density at radius 1 is 0.917 bits per heavy atom. The molecule has 0 amide bonds. The van der Waals surface area contributed by atoms with Crippen molar-refractivity contribution >= 4 is 0 Å². The number of rotatable bonds is 4. The lowest BCUT2D eigenvalue weighted by Crippen LogP contribution is -2.09. The summed E-state index contributed by atoms with van der Waals surface area (Å²) in [6, 6.07) is 9.28. The van der Waals surface area contributed by atoms with E-state index >= 15 is 0 Å². The largest absolute Gasteiger partial charge is 0.504 e. The third-order valence-electron chi connectivity index (χ3n) is 5.28. The first-order chi connectivity index (χ1) is 11.5. The van der Waals surface area contributed by atoms with Gasteiger partial charge in [-0.2, -0.15) is 0 Å². The minimum absolute atomic E-state index is 0.136. The van der Waals surface area contributed by atoms with Crippen molar-refractivity contribution in [3.05, 3.63) is 47.0 Å². The maximum atomic E-state index is 10.2. The van der Waals surface area contributed by atoms with Gasteiger partial charge in [0, 0.05) is 5.92 Å². The molecule has 0 aromatic heterocycles. The van der Waals surface area contributed by atoms with Crippen molar-refractivity contribution < 1.29 is 19.7 Å². The fourth-order valence-electron chi connectivity index (χ4n) is 4.12. The highest BCUT2D eigenvalue weighted by Gasteiger charge is 2.39. The van der Waals surface area contributed by atoms with Crippen molar-refractivity contribution in [2.75, 3.05) is 14.2 Å². The fraction of sp³-hybridized carbons (Fsp3) is 0.400. The maximum Gasteiger partial charge on any atom is 0.160 e. The first-order valence-electron chi connectivity index (χ1n) is 8.29. The predicted molar refractivity (Wildman–Crippen MR) is 93.4 cm³/mol. The van der Waals surface area contributed by atoms with E-state index in [0.717, 1.165) is 17.5 Å². The zero-order valence-electron chi connectivity index (χ0n) is 14.5. The van der Waals surface area contributed by atoms with Gasteiger partial charge in [-0.1, -0.05) is 19.9 Å². The van der Waals surface area contributed by atoms with Crippen molar-refractivity contribution in [1.82, 2.24) is 0 Å². The molecule has 0 saturated carbocycles. The lowest BCUT2D eigenvalue weighted by molar-refractivity contribution is 0.371. The third-order valence-corrected chi connectivity index (χ3v) is 5.28. The Morgan fingerprint density at radius 3 is 2.21 bits per heavy atom. The number of phenols is 2. The second kappa shape index (κ2) is 6.27. The van der Waals surface area contributed by atoms with E-state index in [2.05, 4.69) is 13.8 Å². The van der Waals surface area contributed by atoms with Crippen LogP contribution in [-0.2, 0) is 0 Å². The van der Waals surface area contributed by atoms with Crippen LogP contribution in [0, 0.1) is 5.92 Å². The molecule has 0 bridgehead atoms. The smallest absolute Gasteiger partial charge is 0.160 e. The van der Waals surface area contributed by atoms with Gasteiger partial charge < -0.3 is 19.7 Å². The molecule has 0 saturated heterocycles. The summed E-state index contributed by atoms with van der Waals surface area (Å²) in [4.78, 5) is 0. The molecule has 24 heavy (non-hydrogen) atoms. The molecule has 0 heterocycles. The van der Waals surface area contributed by atoms with E-state index in [1.807, 2.05) is 24.3 Å². The summed E-state index contributed by atoms with van der Waals surface area (Å²) >= 11 is 0. The number of phenolic OH excluding ortho intramolecular Hbond substituents is 2. The zero-order valence-corrected chi connectivity index (χ0v) is 14.5. The number of hydrogen-bond donors (Lipinski definition) is 2. The Balaban J connectivity index is 2.15. The van der Waals surface area contributed by atoms with Crippen LogP contribution in [0.2, 0.25) is 0 Å². The second-order valence-electron chi connectivity index (χ2n) is 6.44. The summed E-state index contributed by atoms with van der Waals surface area (Å²) in [5, 5.41) is 20.1. The summed E-state index contributed by atoms with van der Waals surface area (Å²) in [6.45, 7) is 4.42. The van der Waals surface area contributed by atoms with Crippen LogP contribution < -0.4 is 9.47 Å². The Bertz CT molecular complexity index is 754. The molecule has 2 aromatic carbocycles. The molecule has 1 aliphatic carbocycles. The van der Waals surface area contributed by atoms with Gasteiger partial charge in [-0.05, 0) is 59.2 Å². The van der Waals surface area contributed by atoms with Crippen LogP contribution in [0.15, 0.2) is 30.3 Å². The number of aromatic hydroxyl groups is 2. The van der Waals surface area contributed by atoms with Crippen LogP contribution in [0.4, 0.5) is 0 Å². The molecule has 4 nitrogen and oxygen atoms in total. The molecule has 0 unspecified atom stereocenters. The number of methoxy groups -OCH3 is 2. The van der Waals surface area contributed by atoms with Gasteiger partial charge in [-0.15, -0.1) is 0 Å². The SMILES string of the molecule is CC[C@H]1c2cc(OC)c(O)cc2[C@H](c2ccc(O)c(OC)c2)[C@@H]1C. The number of benzene rings is 2. The van der Waals surface area contributed by atoms with Gasteiger partial charge >= 0.3 is 0 Å². The monoisotopic (exact) mass is 328 g/mol. The van der Waals surface area contributed by atoms with E-state index in [4.69, 9.17) is 9.47 Å². The van der Waals surface area contributed by atoms with Crippen LogP contribution in [-0.4, -0.2) is 24.4 Å². The highest BCUT2D eigenvalue weighted by molar-refractivity contribution is 5.56. The predicted octanol–water partition coefficient (Wildman–Crippen LogP) is 4.39. The summed E-state index contributed by atoms with van der Waals surface area (Å²) < 4.78 is 10.6. The van der Waals surface area contributed by atoms with Crippen molar-refractivity contribution in [3.63, 3.8) is 0 Å². The molecule has 128 valence electrons. The minimum Gasteiger partial charge on any atom is -0.504 e. The second-order valence-corrected chi connectivity index (χ2v) is 6.44. The molecular weight excluding hydrogens is 304 g/mol. The Morgan fingerprint density at radius 2 is 1.58 bits per heavy atom. The first kappa shape index (κ1) is 16.5. The molecule has 3 rings (SSSR count). The van der Waals surface area contributed by atoms with E-state index in [0.29, 0.717) is 23.3 Å². The topological polar surface area (TPSA) is 58.9 Å². The molecule has 3 atom stereocenters. The summed E-state index contributed by atoms with van der Waals surface area (Å²) in [6.07, 6.45) is 1.02. The van der Waals surface area contributed by atoms with Crippen LogP contribution >= 0.6 is 0 Å². The zero-order chi connectivity index (χ0) is 17.4.